The molecular formula is C18H19NO. The SMILES string of the molecule is CCCOc1ccc(-n2c(C)cc3ccccc32)cc1. The Bertz CT molecular complexity index is 710. The van der Waals surface area contributed by atoms with Crippen LogP contribution in [0.2, 0.25) is 0 Å². The Balaban J connectivity index is 2.00. The average Bonchev–Trinajstić information content (AvgIpc) is 2.81. The highest BCUT2D eigenvalue weighted by Gasteiger charge is 2.06. The number of aromatic nitrogens is 1. The molecule has 0 radical (unpaired) electrons. The van der Waals surface area contributed by atoms with Crippen LogP contribution in [0.1, 0.15) is 19.0 Å². The van der Waals surface area contributed by atoms with Gasteiger partial charge in [0.1, 0.15) is 5.75 Å². The van der Waals surface area contributed by atoms with Gasteiger partial charge in [0, 0.05) is 16.8 Å². The molecular weight excluding hydrogens is 246 g/mol. The number of aryl methyl sites for hydroxylation is 1. The van der Waals surface area contributed by atoms with Crippen LogP contribution in [0.5, 0.6) is 5.75 Å². The van der Waals surface area contributed by atoms with Crippen LogP contribution in [-0.2, 0) is 0 Å². The normalized spacial score (nSPS) is 10.9. The van der Waals surface area contributed by atoms with E-state index in [1.807, 2.05) is 12.1 Å². The Kier molecular flexibility index (Phi) is 3.46. The van der Waals surface area contributed by atoms with Crippen molar-refractivity contribution in [3.63, 3.8) is 0 Å². The van der Waals surface area contributed by atoms with Crippen LogP contribution in [-0.4, -0.2) is 11.2 Å². The maximum atomic E-state index is 5.64. The quantitative estimate of drug-likeness (QED) is 0.665. The Morgan fingerprint density at radius 3 is 2.50 bits per heavy atom. The number of nitrogens with zero attached hydrogens (tertiary/aromatic N) is 1. The van der Waals surface area contributed by atoms with E-state index < -0.39 is 0 Å². The lowest BCUT2D eigenvalue weighted by Crippen LogP contribution is -1.98. The van der Waals surface area contributed by atoms with Gasteiger partial charge in [-0.3, -0.25) is 0 Å². The second-order valence-electron chi connectivity index (χ2n) is 5.02. The zero-order valence-electron chi connectivity index (χ0n) is 12.0. The smallest absolute Gasteiger partial charge is 0.119 e. The van der Waals surface area contributed by atoms with E-state index in [1.165, 1.54) is 22.3 Å². The summed E-state index contributed by atoms with van der Waals surface area (Å²) in [5.41, 5.74) is 3.66. The topological polar surface area (TPSA) is 14.2 Å². The van der Waals surface area contributed by atoms with Gasteiger partial charge in [-0.15, -0.1) is 0 Å². The molecule has 0 bridgehead atoms. The van der Waals surface area contributed by atoms with Gasteiger partial charge in [-0.05, 0) is 49.7 Å². The van der Waals surface area contributed by atoms with Crippen molar-refractivity contribution in [2.75, 3.05) is 6.61 Å². The predicted octanol–water partition coefficient (Wildman–Crippen LogP) is 4.73. The second-order valence-corrected chi connectivity index (χ2v) is 5.02. The zero-order chi connectivity index (χ0) is 13.9. The average molecular weight is 265 g/mol. The summed E-state index contributed by atoms with van der Waals surface area (Å²) in [6.45, 7) is 5.02. The summed E-state index contributed by atoms with van der Waals surface area (Å²) in [4.78, 5) is 0. The number of fused-ring (bicyclic) bond motifs is 1. The molecule has 0 atom stereocenters. The Morgan fingerprint density at radius 1 is 1.00 bits per heavy atom. The fourth-order valence-electron chi connectivity index (χ4n) is 2.55. The minimum absolute atomic E-state index is 0.769. The molecule has 0 N–H and O–H groups in total. The van der Waals surface area contributed by atoms with Crippen molar-refractivity contribution < 1.29 is 4.74 Å². The third-order valence-electron chi connectivity index (χ3n) is 3.46. The highest BCUT2D eigenvalue weighted by atomic mass is 16.5. The number of benzene rings is 2. The molecule has 0 spiro atoms. The van der Waals surface area contributed by atoms with Crippen LogP contribution in [0.25, 0.3) is 16.6 Å². The van der Waals surface area contributed by atoms with Gasteiger partial charge in [-0.2, -0.15) is 0 Å². The summed E-state index contributed by atoms with van der Waals surface area (Å²) in [6.07, 6.45) is 1.03. The van der Waals surface area contributed by atoms with Crippen molar-refractivity contribution in [3.8, 4) is 11.4 Å². The molecule has 1 heterocycles. The van der Waals surface area contributed by atoms with Crippen molar-refractivity contribution in [2.45, 2.75) is 20.3 Å². The molecule has 2 heteroatoms. The van der Waals surface area contributed by atoms with Gasteiger partial charge >= 0.3 is 0 Å². The highest BCUT2D eigenvalue weighted by Crippen LogP contribution is 2.25. The maximum Gasteiger partial charge on any atom is 0.119 e. The Morgan fingerprint density at radius 2 is 1.75 bits per heavy atom. The molecule has 0 aliphatic heterocycles. The van der Waals surface area contributed by atoms with Gasteiger partial charge in [0.15, 0.2) is 0 Å². The van der Waals surface area contributed by atoms with Crippen molar-refractivity contribution in [3.05, 3.63) is 60.3 Å². The molecule has 2 nitrogen and oxygen atoms in total. The lowest BCUT2D eigenvalue weighted by Gasteiger charge is -2.10. The number of hydrogen-bond donors (Lipinski definition) is 0. The van der Waals surface area contributed by atoms with Crippen LogP contribution < -0.4 is 4.74 Å². The summed E-state index contributed by atoms with van der Waals surface area (Å²) in [5.74, 6) is 0.935. The minimum atomic E-state index is 0.769. The summed E-state index contributed by atoms with van der Waals surface area (Å²) in [5, 5.41) is 1.27. The maximum absolute atomic E-state index is 5.64. The Hall–Kier alpha value is -2.22. The molecule has 102 valence electrons. The van der Waals surface area contributed by atoms with Gasteiger partial charge in [0.2, 0.25) is 0 Å². The van der Waals surface area contributed by atoms with Crippen molar-refractivity contribution in [2.24, 2.45) is 0 Å². The van der Waals surface area contributed by atoms with E-state index >= 15 is 0 Å². The molecule has 0 aliphatic carbocycles. The fraction of sp³-hybridized carbons (Fsp3) is 0.222. The molecule has 0 aliphatic rings. The molecule has 0 unspecified atom stereocenters. The molecule has 0 fully saturated rings. The molecule has 3 rings (SSSR count). The third-order valence-corrected chi connectivity index (χ3v) is 3.46. The number of rotatable bonds is 4. The predicted molar refractivity (Wildman–Crippen MR) is 83.8 cm³/mol. The van der Waals surface area contributed by atoms with E-state index in [-0.39, 0.29) is 0 Å². The molecule has 0 amide bonds. The summed E-state index contributed by atoms with van der Waals surface area (Å²) in [6, 6.07) is 19.0. The molecule has 20 heavy (non-hydrogen) atoms. The van der Waals surface area contributed by atoms with Crippen LogP contribution >= 0.6 is 0 Å². The summed E-state index contributed by atoms with van der Waals surface area (Å²) in [7, 11) is 0. The van der Waals surface area contributed by atoms with Gasteiger partial charge in [-0.25, -0.2) is 0 Å². The van der Waals surface area contributed by atoms with Crippen LogP contribution in [0, 0.1) is 6.92 Å². The lowest BCUT2D eigenvalue weighted by atomic mass is 10.2. The lowest BCUT2D eigenvalue weighted by molar-refractivity contribution is 0.317. The molecule has 2 aromatic carbocycles. The summed E-state index contributed by atoms with van der Waals surface area (Å²) < 4.78 is 7.91. The largest absolute Gasteiger partial charge is 0.494 e. The Labute approximate surface area is 119 Å². The van der Waals surface area contributed by atoms with Crippen LogP contribution in [0.3, 0.4) is 0 Å². The fourth-order valence-corrected chi connectivity index (χ4v) is 2.55. The second kappa shape index (κ2) is 5.41. The first-order valence-corrected chi connectivity index (χ1v) is 7.10. The van der Waals surface area contributed by atoms with Crippen molar-refractivity contribution in [1.82, 2.24) is 4.57 Å². The van der Waals surface area contributed by atoms with Crippen molar-refractivity contribution in [1.29, 1.82) is 0 Å². The van der Waals surface area contributed by atoms with Gasteiger partial charge < -0.3 is 9.30 Å². The number of ether oxygens (including phenoxy) is 1. The number of para-hydroxylation sites is 1. The van der Waals surface area contributed by atoms with Crippen molar-refractivity contribution >= 4 is 10.9 Å². The first-order chi connectivity index (χ1) is 9.79. The van der Waals surface area contributed by atoms with E-state index in [1.54, 1.807) is 0 Å². The number of hydrogen-bond acceptors (Lipinski definition) is 1. The molecule has 0 saturated heterocycles. The van der Waals surface area contributed by atoms with E-state index in [2.05, 4.69) is 60.9 Å². The monoisotopic (exact) mass is 265 g/mol. The van der Waals surface area contributed by atoms with E-state index in [0.29, 0.717) is 0 Å². The van der Waals surface area contributed by atoms with Gasteiger partial charge in [-0.1, -0.05) is 25.1 Å². The summed E-state index contributed by atoms with van der Waals surface area (Å²) >= 11 is 0. The van der Waals surface area contributed by atoms with E-state index in [9.17, 15) is 0 Å². The minimum Gasteiger partial charge on any atom is -0.494 e. The standard InChI is InChI=1S/C18H19NO/c1-3-12-20-17-10-8-16(9-11-17)19-14(2)13-15-6-4-5-7-18(15)19/h4-11,13H,3,12H2,1-2H3. The van der Waals surface area contributed by atoms with Gasteiger partial charge in [0.25, 0.3) is 0 Å². The third kappa shape index (κ3) is 2.29. The van der Waals surface area contributed by atoms with Gasteiger partial charge in [0.05, 0.1) is 12.1 Å². The highest BCUT2D eigenvalue weighted by molar-refractivity contribution is 5.83. The molecule has 3 aromatic rings. The van der Waals surface area contributed by atoms with Crippen LogP contribution in [0.4, 0.5) is 0 Å². The van der Waals surface area contributed by atoms with Crippen LogP contribution in [0.15, 0.2) is 54.6 Å². The molecule has 1 aromatic heterocycles. The first-order valence-electron chi connectivity index (χ1n) is 7.10. The van der Waals surface area contributed by atoms with E-state index in [0.717, 1.165) is 18.8 Å². The molecule has 0 saturated carbocycles. The van der Waals surface area contributed by atoms with E-state index in [4.69, 9.17) is 4.74 Å². The first kappa shape index (κ1) is 12.8. The zero-order valence-corrected chi connectivity index (χ0v) is 12.0.